The maximum Gasteiger partial charge on any atom is 0.0551 e. The highest BCUT2D eigenvalue weighted by atomic mass is 15.3. The van der Waals surface area contributed by atoms with Crippen LogP contribution < -0.4 is 4.90 Å². The van der Waals surface area contributed by atoms with Crippen LogP contribution in [0.25, 0.3) is 0 Å². The highest BCUT2D eigenvalue weighted by molar-refractivity contribution is 5.50. The average molecular weight is 286 g/mol. The van der Waals surface area contributed by atoms with Gasteiger partial charge in [-0.2, -0.15) is 0 Å². The Balaban J connectivity index is 1.94. The first-order valence-electron chi connectivity index (χ1n) is 8.88. The lowest BCUT2D eigenvalue weighted by Gasteiger charge is -2.55. The molecule has 0 saturated carbocycles. The van der Waals surface area contributed by atoms with E-state index >= 15 is 0 Å². The molecule has 2 heterocycles. The summed E-state index contributed by atoms with van der Waals surface area (Å²) in [4.78, 5) is 5.53. The van der Waals surface area contributed by atoms with Gasteiger partial charge in [-0.3, -0.25) is 4.90 Å². The van der Waals surface area contributed by atoms with Crippen LogP contribution >= 0.6 is 0 Å². The third kappa shape index (κ3) is 2.59. The Kier molecular flexibility index (Phi) is 4.54. The van der Waals surface area contributed by atoms with E-state index in [0.29, 0.717) is 5.54 Å². The Morgan fingerprint density at radius 2 is 1.62 bits per heavy atom. The molecule has 1 unspecified atom stereocenters. The van der Waals surface area contributed by atoms with E-state index in [1.807, 2.05) is 0 Å². The molecule has 1 aromatic carbocycles. The summed E-state index contributed by atoms with van der Waals surface area (Å²) < 4.78 is 0. The number of anilines is 1. The minimum atomic E-state index is 0.323. The van der Waals surface area contributed by atoms with Gasteiger partial charge >= 0.3 is 0 Å². The third-order valence-corrected chi connectivity index (χ3v) is 5.89. The molecule has 2 nitrogen and oxygen atoms in total. The molecule has 0 amide bonds. The summed E-state index contributed by atoms with van der Waals surface area (Å²) in [5.74, 6) is 0. The quantitative estimate of drug-likeness (QED) is 0.814. The summed E-state index contributed by atoms with van der Waals surface area (Å²) in [6.07, 6.45) is 8.00. The Morgan fingerprint density at radius 3 is 2.24 bits per heavy atom. The molecule has 0 radical (unpaired) electrons. The van der Waals surface area contributed by atoms with Crippen molar-refractivity contribution in [1.29, 1.82) is 0 Å². The van der Waals surface area contributed by atoms with E-state index in [9.17, 15) is 0 Å². The van der Waals surface area contributed by atoms with Gasteiger partial charge in [-0.05, 0) is 63.7 Å². The molecule has 1 atom stereocenters. The van der Waals surface area contributed by atoms with Crippen LogP contribution in [0.15, 0.2) is 30.3 Å². The van der Waals surface area contributed by atoms with Gasteiger partial charge < -0.3 is 4.90 Å². The number of benzene rings is 1. The van der Waals surface area contributed by atoms with Gasteiger partial charge in [-0.25, -0.2) is 0 Å². The van der Waals surface area contributed by atoms with Gasteiger partial charge in [0.25, 0.3) is 0 Å². The van der Waals surface area contributed by atoms with Crippen LogP contribution in [0, 0.1) is 0 Å². The van der Waals surface area contributed by atoms with Gasteiger partial charge in [0.2, 0.25) is 0 Å². The lowest BCUT2D eigenvalue weighted by atomic mass is 9.76. The SMILES string of the molecule is CCC1(CC)C(N2CCCC2)CCCN1c1ccccc1. The fourth-order valence-corrected chi connectivity index (χ4v) is 4.79. The zero-order chi connectivity index (χ0) is 14.7. The van der Waals surface area contributed by atoms with Crippen molar-refractivity contribution in [3.63, 3.8) is 0 Å². The van der Waals surface area contributed by atoms with Crippen molar-refractivity contribution in [1.82, 2.24) is 4.90 Å². The molecule has 2 fully saturated rings. The van der Waals surface area contributed by atoms with Gasteiger partial charge in [0.1, 0.15) is 0 Å². The van der Waals surface area contributed by atoms with Crippen LogP contribution in [0.3, 0.4) is 0 Å². The lowest BCUT2D eigenvalue weighted by molar-refractivity contribution is 0.100. The number of para-hydroxylation sites is 1. The largest absolute Gasteiger partial charge is 0.364 e. The molecule has 0 aliphatic carbocycles. The van der Waals surface area contributed by atoms with Gasteiger partial charge in [-0.15, -0.1) is 0 Å². The molecule has 116 valence electrons. The van der Waals surface area contributed by atoms with Crippen molar-refractivity contribution in [2.24, 2.45) is 0 Å². The zero-order valence-corrected chi connectivity index (χ0v) is 13.7. The molecule has 2 aliphatic rings. The fraction of sp³-hybridized carbons (Fsp3) is 0.684. The second kappa shape index (κ2) is 6.39. The highest BCUT2D eigenvalue weighted by Crippen LogP contribution is 2.41. The van der Waals surface area contributed by atoms with Crippen molar-refractivity contribution in [2.45, 2.75) is 64.0 Å². The summed E-state index contributed by atoms with van der Waals surface area (Å²) in [6.45, 7) is 8.64. The minimum Gasteiger partial charge on any atom is -0.364 e. The Labute approximate surface area is 130 Å². The lowest BCUT2D eigenvalue weighted by Crippen LogP contribution is -2.64. The van der Waals surface area contributed by atoms with E-state index < -0.39 is 0 Å². The van der Waals surface area contributed by atoms with E-state index in [2.05, 4.69) is 54.0 Å². The first-order chi connectivity index (χ1) is 10.3. The van der Waals surface area contributed by atoms with E-state index in [-0.39, 0.29) is 0 Å². The normalized spacial score (nSPS) is 26.2. The van der Waals surface area contributed by atoms with Gasteiger partial charge in [0.05, 0.1) is 5.54 Å². The average Bonchev–Trinajstić information content (AvgIpc) is 3.09. The van der Waals surface area contributed by atoms with Crippen molar-refractivity contribution >= 4 is 5.69 Å². The number of nitrogens with zero attached hydrogens (tertiary/aromatic N) is 2. The van der Waals surface area contributed by atoms with Crippen LogP contribution in [0.2, 0.25) is 0 Å². The summed E-state index contributed by atoms with van der Waals surface area (Å²) in [7, 11) is 0. The molecular formula is C19H30N2. The molecule has 0 bridgehead atoms. The number of likely N-dealkylation sites (tertiary alicyclic amines) is 1. The van der Waals surface area contributed by atoms with Gasteiger partial charge in [-0.1, -0.05) is 32.0 Å². The van der Waals surface area contributed by atoms with Crippen molar-refractivity contribution < 1.29 is 0 Å². The molecule has 0 spiro atoms. The fourth-order valence-electron chi connectivity index (χ4n) is 4.79. The molecule has 2 heteroatoms. The Bertz CT molecular complexity index is 432. The van der Waals surface area contributed by atoms with Crippen molar-refractivity contribution in [3.8, 4) is 0 Å². The highest BCUT2D eigenvalue weighted by Gasteiger charge is 2.46. The molecular weight excluding hydrogens is 256 g/mol. The van der Waals surface area contributed by atoms with Crippen LogP contribution in [0.5, 0.6) is 0 Å². The molecule has 21 heavy (non-hydrogen) atoms. The minimum absolute atomic E-state index is 0.323. The van der Waals surface area contributed by atoms with Crippen LogP contribution in [0.1, 0.15) is 52.4 Å². The molecule has 2 saturated heterocycles. The van der Waals surface area contributed by atoms with Crippen LogP contribution in [-0.2, 0) is 0 Å². The van der Waals surface area contributed by atoms with Crippen molar-refractivity contribution in [3.05, 3.63) is 30.3 Å². The third-order valence-electron chi connectivity index (χ3n) is 5.89. The van der Waals surface area contributed by atoms with E-state index in [1.165, 1.54) is 63.8 Å². The monoisotopic (exact) mass is 286 g/mol. The van der Waals surface area contributed by atoms with Crippen molar-refractivity contribution in [2.75, 3.05) is 24.5 Å². The molecule has 0 aromatic heterocycles. The molecule has 0 N–H and O–H groups in total. The number of rotatable bonds is 4. The molecule has 3 rings (SSSR count). The van der Waals surface area contributed by atoms with Gasteiger partial charge in [0.15, 0.2) is 0 Å². The van der Waals surface area contributed by atoms with Crippen LogP contribution in [-0.4, -0.2) is 36.1 Å². The summed E-state index contributed by atoms with van der Waals surface area (Å²) in [5.41, 5.74) is 1.74. The van der Waals surface area contributed by atoms with Crippen LogP contribution in [0.4, 0.5) is 5.69 Å². The smallest absolute Gasteiger partial charge is 0.0551 e. The topological polar surface area (TPSA) is 6.48 Å². The zero-order valence-electron chi connectivity index (χ0n) is 13.7. The molecule has 2 aliphatic heterocycles. The first-order valence-corrected chi connectivity index (χ1v) is 8.88. The predicted molar refractivity (Wildman–Crippen MR) is 90.9 cm³/mol. The summed E-state index contributed by atoms with van der Waals surface area (Å²) >= 11 is 0. The summed E-state index contributed by atoms with van der Waals surface area (Å²) in [6, 6.07) is 11.8. The number of piperidine rings is 1. The molecule has 1 aromatic rings. The van der Waals surface area contributed by atoms with Gasteiger partial charge in [0, 0.05) is 18.3 Å². The first kappa shape index (κ1) is 14.9. The second-order valence-corrected chi connectivity index (χ2v) is 6.70. The summed E-state index contributed by atoms with van der Waals surface area (Å²) in [5, 5.41) is 0. The number of hydrogen-bond acceptors (Lipinski definition) is 2. The predicted octanol–water partition coefficient (Wildman–Crippen LogP) is 4.31. The maximum absolute atomic E-state index is 2.79. The Morgan fingerprint density at radius 1 is 0.952 bits per heavy atom. The van der Waals surface area contributed by atoms with E-state index in [4.69, 9.17) is 0 Å². The second-order valence-electron chi connectivity index (χ2n) is 6.70. The standard InChI is InChI=1S/C19H30N2/c1-3-19(4-2)18(20-14-8-9-15-20)13-10-16-21(19)17-11-6-5-7-12-17/h5-7,11-12,18H,3-4,8-10,13-16H2,1-2H3. The van der Waals surface area contributed by atoms with E-state index in [0.717, 1.165) is 6.04 Å². The maximum atomic E-state index is 2.79. The Hall–Kier alpha value is -1.02. The van der Waals surface area contributed by atoms with E-state index in [1.54, 1.807) is 0 Å². The number of hydrogen-bond donors (Lipinski definition) is 0.